The summed E-state index contributed by atoms with van der Waals surface area (Å²) in [7, 11) is 1.76. The summed E-state index contributed by atoms with van der Waals surface area (Å²) < 4.78 is 11.5. The van der Waals surface area contributed by atoms with Crippen molar-refractivity contribution in [2.45, 2.75) is 63.3 Å². The molecule has 1 amide bonds. The van der Waals surface area contributed by atoms with Crippen molar-refractivity contribution in [1.29, 1.82) is 0 Å². The Morgan fingerprint density at radius 3 is 2.26 bits per heavy atom. The fourth-order valence-electron chi connectivity index (χ4n) is 3.80. The van der Waals surface area contributed by atoms with Crippen LogP contribution >= 0.6 is 11.6 Å². The van der Waals surface area contributed by atoms with Crippen molar-refractivity contribution >= 4 is 17.5 Å². The van der Waals surface area contributed by atoms with Crippen molar-refractivity contribution in [3.8, 4) is 5.75 Å². The van der Waals surface area contributed by atoms with Crippen LogP contribution in [-0.2, 0) is 9.53 Å². The number of carbonyl (C=O) groups excluding carboxylic acids is 1. The van der Waals surface area contributed by atoms with Crippen LogP contribution < -0.4 is 4.74 Å². The minimum absolute atomic E-state index is 0.0644. The lowest BCUT2D eigenvalue weighted by Gasteiger charge is -2.42. The van der Waals surface area contributed by atoms with Crippen molar-refractivity contribution in [2.24, 2.45) is 0 Å². The van der Waals surface area contributed by atoms with Gasteiger partial charge in [0.2, 0.25) is 0 Å². The van der Waals surface area contributed by atoms with Crippen molar-refractivity contribution in [2.75, 3.05) is 7.11 Å². The SMILES string of the molecule is COC1CC2CCC(C1)N2C(=O)C(C)(C)Oc1ccc(Cl)cc1. The van der Waals surface area contributed by atoms with Gasteiger partial charge in [-0.3, -0.25) is 4.79 Å². The molecule has 5 heteroatoms. The second-order valence-electron chi connectivity index (χ2n) is 6.99. The van der Waals surface area contributed by atoms with Gasteiger partial charge in [0.15, 0.2) is 5.60 Å². The lowest BCUT2D eigenvalue weighted by Crippen LogP contribution is -2.56. The molecule has 2 atom stereocenters. The van der Waals surface area contributed by atoms with E-state index in [1.807, 2.05) is 18.7 Å². The Bertz CT molecular complexity index is 558. The summed E-state index contributed by atoms with van der Waals surface area (Å²) >= 11 is 5.90. The average Bonchev–Trinajstić information content (AvgIpc) is 2.78. The summed E-state index contributed by atoms with van der Waals surface area (Å²) in [6.07, 6.45) is 4.25. The first kappa shape index (κ1) is 16.6. The lowest BCUT2D eigenvalue weighted by atomic mass is 9.96. The fraction of sp³-hybridized carbons (Fsp3) is 0.611. The molecule has 0 radical (unpaired) electrons. The standard InChI is InChI=1S/C18H24ClNO3/c1-18(2,23-15-8-4-12(19)5-9-15)17(21)20-13-6-7-14(20)11-16(10-13)22-3/h4-5,8-9,13-14,16H,6-7,10-11H2,1-3H3. The smallest absolute Gasteiger partial charge is 0.266 e. The van der Waals surface area contributed by atoms with Gasteiger partial charge in [-0.1, -0.05) is 11.6 Å². The van der Waals surface area contributed by atoms with Crippen LogP contribution in [0.25, 0.3) is 0 Å². The zero-order valence-corrected chi connectivity index (χ0v) is 14.7. The van der Waals surface area contributed by atoms with Gasteiger partial charge in [-0.2, -0.15) is 0 Å². The van der Waals surface area contributed by atoms with Crippen LogP contribution in [0.5, 0.6) is 5.75 Å². The van der Waals surface area contributed by atoms with E-state index in [2.05, 4.69) is 0 Å². The fourth-order valence-corrected chi connectivity index (χ4v) is 3.93. The highest BCUT2D eigenvalue weighted by Crippen LogP contribution is 2.38. The number of fused-ring (bicyclic) bond motifs is 2. The Hall–Kier alpha value is -1.26. The summed E-state index contributed by atoms with van der Waals surface area (Å²) in [5, 5.41) is 0.654. The van der Waals surface area contributed by atoms with E-state index in [4.69, 9.17) is 21.1 Å². The minimum Gasteiger partial charge on any atom is -0.478 e. The maximum absolute atomic E-state index is 13.1. The summed E-state index contributed by atoms with van der Waals surface area (Å²) in [5.74, 6) is 0.723. The Morgan fingerprint density at radius 1 is 1.17 bits per heavy atom. The van der Waals surface area contributed by atoms with Gasteiger partial charge in [0.1, 0.15) is 5.75 Å². The molecule has 2 aliphatic heterocycles. The summed E-state index contributed by atoms with van der Waals surface area (Å²) in [6, 6.07) is 7.68. The molecule has 2 saturated heterocycles. The largest absolute Gasteiger partial charge is 0.478 e. The molecule has 0 saturated carbocycles. The average molecular weight is 338 g/mol. The van der Waals surface area contributed by atoms with E-state index in [0.29, 0.717) is 10.8 Å². The van der Waals surface area contributed by atoms with Gasteiger partial charge in [-0.05, 0) is 63.8 Å². The first-order chi connectivity index (χ1) is 10.9. The molecule has 0 N–H and O–H groups in total. The number of nitrogens with zero attached hydrogens (tertiary/aromatic N) is 1. The second-order valence-corrected chi connectivity index (χ2v) is 7.43. The molecule has 0 aromatic heterocycles. The molecule has 2 heterocycles. The van der Waals surface area contributed by atoms with Gasteiger partial charge in [-0.25, -0.2) is 0 Å². The zero-order valence-electron chi connectivity index (χ0n) is 13.9. The molecule has 0 spiro atoms. The second kappa shape index (κ2) is 6.33. The molecule has 126 valence electrons. The Morgan fingerprint density at radius 2 is 1.74 bits per heavy atom. The molecule has 0 aliphatic carbocycles. The molecule has 4 nitrogen and oxygen atoms in total. The Kier molecular flexibility index (Phi) is 4.56. The van der Waals surface area contributed by atoms with E-state index in [9.17, 15) is 4.79 Å². The van der Waals surface area contributed by atoms with Gasteiger partial charge >= 0.3 is 0 Å². The van der Waals surface area contributed by atoms with Crippen molar-refractivity contribution < 1.29 is 14.3 Å². The number of rotatable bonds is 4. The molecular formula is C18H24ClNO3. The number of hydrogen-bond acceptors (Lipinski definition) is 3. The maximum atomic E-state index is 13.1. The van der Waals surface area contributed by atoms with E-state index in [1.165, 1.54) is 0 Å². The zero-order chi connectivity index (χ0) is 16.6. The van der Waals surface area contributed by atoms with Crippen molar-refractivity contribution in [3.63, 3.8) is 0 Å². The minimum atomic E-state index is -0.894. The highest BCUT2D eigenvalue weighted by Gasteiger charge is 2.47. The number of amides is 1. The highest BCUT2D eigenvalue weighted by atomic mass is 35.5. The number of halogens is 1. The first-order valence-electron chi connectivity index (χ1n) is 8.21. The van der Waals surface area contributed by atoms with Gasteiger partial charge in [0, 0.05) is 24.2 Å². The van der Waals surface area contributed by atoms with Crippen molar-refractivity contribution in [1.82, 2.24) is 4.90 Å². The monoisotopic (exact) mass is 337 g/mol. The number of methoxy groups -OCH3 is 1. The van der Waals surface area contributed by atoms with Crippen LogP contribution in [0.3, 0.4) is 0 Å². The van der Waals surface area contributed by atoms with Crippen LogP contribution in [0.1, 0.15) is 39.5 Å². The quantitative estimate of drug-likeness (QED) is 0.841. The third-order valence-electron chi connectivity index (χ3n) is 4.96. The number of carbonyl (C=O) groups is 1. The van der Waals surface area contributed by atoms with E-state index >= 15 is 0 Å². The molecule has 3 rings (SSSR count). The van der Waals surface area contributed by atoms with Crippen LogP contribution in [-0.4, -0.2) is 41.7 Å². The first-order valence-corrected chi connectivity index (χ1v) is 8.58. The lowest BCUT2D eigenvalue weighted by molar-refractivity contribution is -0.152. The third-order valence-corrected chi connectivity index (χ3v) is 5.21. The number of benzene rings is 1. The number of piperidine rings is 1. The normalized spacial score (nSPS) is 27.1. The molecule has 23 heavy (non-hydrogen) atoms. The van der Waals surface area contributed by atoms with Crippen LogP contribution in [0.4, 0.5) is 0 Å². The van der Waals surface area contributed by atoms with Crippen LogP contribution in [0.15, 0.2) is 24.3 Å². The number of ether oxygens (including phenoxy) is 2. The van der Waals surface area contributed by atoms with Gasteiger partial charge in [0.05, 0.1) is 6.10 Å². The van der Waals surface area contributed by atoms with Crippen molar-refractivity contribution in [3.05, 3.63) is 29.3 Å². The molecule has 2 bridgehead atoms. The predicted octanol–water partition coefficient (Wildman–Crippen LogP) is 3.67. The molecule has 2 aliphatic rings. The van der Waals surface area contributed by atoms with Crippen LogP contribution in [0, 0.1) is 0 Å². The summed E-state index contributed by atoms with van der Waals surface area (Å²) in [4.78, 5) is 15.1. The maximum Gasteiger partial charge on any atom is 0.266 e. The molecule has 1 aromatic rings. The molecular weight excluding hydrogens is 314 g/mol. The topological polar surface area (TPSA) is 38.8 Å². The Labute approximate surface area is 142 Å². The highest BCUT2D eigenvalue weighted by molar-refractivity contribution is 6.30. The van der Waals surface area contributed by atoms with E-state index in [1.54, 1.807) is 31.4 Å². The number of hydrogen-bond donors (Lipinski definition) is 0. The Balaban J connectivity index is 1.73. The van der Waals surface area contributed by atoms with Gasteiger partial charge in [0.25, 0.3) is 5.91 Å². The predicted molar refractivity (Wildman–Crippen MR) is 89.8 cm³/mol. The molecule has 1 aromatic carbocycles. The summed E-state index contributed by atoms with van der Waals surface area (Å²) in [5.41, 5.74) is -0.894. The van der Waals surface area contributed by atoms with E-state index in [0.717, 1.165) is 25.7 Å². The molecule has 2 unspecified atom stereocenters. The van der Waals surface area contributed by atoms with Crippen LogP contribution in [0.2, 0.25) is 5.02 Å². The van der Waals surface area contributed by atoms with E-state index in [-0.39, 0.29) is 24.1 Å². The third kappa shape index (κ3) is 3.33. The summed E-state index contributed by atoms with van der Waals surface area (Å²) in [6.45, 7) is 3.68. The van der Waals surface area contributed by atoms with Gasteiger partial charge in [-0.15, -0.1) is 0 Å². The molecule has 2 fully saturated rings. The van der Waals surface area contributed by atoms with E-state index < -0.39 is 5.60 Å². The van der Waals surface area contributed by atoms with Gasteiger partial charge < -0.3 is 14.4 Å².